The highest BCUT2D eigenvalue weighted by molar-refractivity contribution is 5.81. The van der Waals surface area contributed by atoms with Gasteiger partial charge in [-0.15, -0.1) is 0 Å². The molecule has 0 spiro atoms. The molecule has 1 fully saturated rings. The van der Waals surface area contributed by atoms with Gasteiger partial charge < -0.3 is 25.0 Å². The minimum atomic E-state index is -0.194. The van der Waals surface area contributed by atoms with Gasteiger partial charge in [0.25, 0.3) is 0 Å². The van der Waals surface area contributed by atoms with Crippen LogP contribution in [0.5, 0.6) is 0 Å². The summed E-state index contributed by atoms with van der Waals surface area (Å²) >= 11 is 0. The SMILES string of the molecule is COCC(CCO)NC(=O)C1CCCN(C(=O)N(C)C)C1. The molecular formula is C14H27N3O4. The molecule has 2 N–H and O–H groups in total. The van der Waals surface area contributed by atoms with Crippen molar-refractivity contribution in [3.05, 3.63) is 0 Å². The largest absolute Gasteiger partial charge is 0.396 e. The van der Waals surface area contributed by atoms with Crippen LogP contribution >= 0.6 is 0 Å². The van der Waals surface area contributed by atoms with Crippen molar-refractivity contribution in [1.82, 2.24) is 15.1 Å². The van der Waals surface area contributed by atoms with Crippen molar-refractivity contribution in [3.8, 4) is 0 Å². The average Bonchev–Trinajstić information content (AvgIpc) is 2.47. The quantitative estimate of drug-likeness (QED) is 0.717. The third-order valence-electron chi connectivity index (χ3n) is 3.64. The van der Waals surface area contributed by atoms with E-state index in [-0.39, 0.29) is 30.5 Å². The van der Waals surface area contributed by atoms with E-state index in [2.05, 4.69) is 5.32 Å². The average molecular weight is 301 g/mol. The van der Waals surface area contributed by atoms with Gasteiger partial charge in [-0.05, 0) is 19.3 Å². The fourth-order valence-corrected chi connectivity index (χ4v) is 2.52. The maximum atomic E-state index is 12.3. The molecule has 0 aromatic rings. The first kappa shape index (κ1) is 17.7. The lowest BCUT2D eigenvalue weighted by atomic mass is 9.97. The number of aliphatic hydroxyl groups is 1. The lowest BCUT2D eigenvalue weighted by Crippen LogP contribution is -2.50. The molecule has 2 unspecified atom stereocenters. The van der Waals surface area contributed by atoms with Gasteiger partial charge in [0, 0.05) is 40.9 Å². The first-order chi connectivity index (χ1) is 9.99. The van der Waals surface area contributed by atoms with Gasteiger partial charge in [-0.3, -0.25) is 4.79 Å². The second kappa shape index (κ2) is 8.84. The Morgan fingerprint density at radius 1 is 1.48 bits per heavy atom. The first-order valence-corrected chi connectivity index (χ1v) is 7.36. The number of nitrogens with one attached hydrogen (secondary N) is 1. The van der Waals surface area contributed by atoms with E-state index < -0.39 is 0 Å². The van der Waals surface area contributed by atoms with Crippen LogP contribution in [-0.2, 0) is 9.53 Å². The zero-order valence-corrected chi connectivity index (χ0v) is 13.2. The number of rotatable bonds is 6. The predicted molar refractivity (Wildman–Crippen MR) is 78.9 cm³/mol. The van der Waals surface area contributed by atoms with Crippen molar-refractivity contribution in [1.29, 1.82) is 0 Å². The Labute approximate surface area is 126 Å². The van der Waals surface area contributed by atoms with E-state index in [4.69, 9.17) is 9.84 Å². The van der Waals surface area contributed by atoms with E-state index in [9.17, 15) is 9.59 Å². The van der Waals surface area contributed by atoms with Crippen molar-refractivity contribution in [3.63, 3.8) is 0 Å². The van der Waals surface area contributed by atoms with Crippen molar-refractivity contribution in [2.45, 2.75) is 25.3 Å². The summed E-state index contributed by atoms with van der Waals surface area (Å²) in [4.78, 5) is 27.5. The number of amides is 3. The number of ether oxygens (including phenoxy) is 1. The molecule has 7 heteroatoms. The Bertz CT molecular complexity index is 343. The third-order valence-corrected chi connectivity index (χ3v) is 3.64. The standard InChI is InChI=1S/C14H27N3O4/c1-16(2)14(20)17-7-4-5-11(9-17)13(19)15-12(6-8-18)10-21-3/h11-12,18H,4-10H2,1-3H3,(H,15,19). The summed E-state index contributed by atoms with van der Waals surface area (Å²) in [5.41, 5.74) is 0. The highest BCUT2D eigenvalue weighted by atomic mass is 16.5. The van der Waals surface area contributed by atoms with Crippen LogP contribution in [0.3, 0.4) is 0 Å². The van der Waals surface area contributed by atoms with Gasteiger partial charge in [0.1, 0.15) is 0 Å². The van der Waals surface area contributed by atoms with Crippen LogP contribution in [0.2, 0.25) is 0 Å². The smallest absolute Gasteiger partial charge is 0.319 e. The monoisotopic (exact) mass is 301 g/mol. The van der Waals surface area contributed by atoms with Crippen molar-refractivity contribution in [2.75, 3.05) is 47.5 Å². The molecule has 2 atom stereocenters. The summed E-state index contributed by atoms with van der Waals surface area (Å²) in [6.07, 6.45) is 2.07. The molecule has 3 amide bonds. The molecule has 0 aliphatic carbocycles. The van der Waals surface area contributed by atoms with E-state index in [0.717, 1.165) is 12.8 Å². The zero-order valence-electron chi connectivity index (χ0n) is 13.2. The van der Waals surface area contributed by atoms with Crippen LogP contribution < -0.4 is 5.32 Å². The van der Waals surface area contributed by atoms with Gasteiger partial charge in [-0.1, -0.05) is 0 Å². The lowest BCUT2D eigenvalue weighted by Gasteiger charge is -2.34. The molecule has 1 aliphatic heterocycles. The number of hydrogen-bond donors (Lipinski definition) is 2. The molecule has 7 nitrogen and oxygen atoms in total. The second-order valence-electron chi connectivity index (χ2n) is 5.64. The predicted octanol–water partition coefficient (Wildman–Crippen LogP) is -0.106. The zero-order chi connectivity index (χ0) is 15.8. The Morgan fingerprint density at radius 3 is 2.76 bits per heavy atom. The Morgan fingerprint density at radius 2 is 2.19 bits per heavy atom. The van der Waals surface area contributed by atoms with Gasteiger partial charge in [-0.2, -0.15) is 0 Å². The fraction of sp³-hybridized carbons (Fsp3) is 0.857. The van der Waals surface area contributed by atoms with Gasteiger partial charge >= 0.3 is 6.03 Å². The van der Waals surface area contributed by atoms with Gasteiger partial charge in [-0.25, -0.2) is 4.79 Å². The van der Waals surface area contributed by atoms with Crippen LogP contribution in [0, 0.1) is 5.92 Å². The molecule has 0 radical (unpaired) electrons. The molecule has 1 aliphatic rings. The minimum Gasteiger partial charge on any atom is -0.396 e. The van der Waals surface area contributed by atoms with Crippen molar-refractivity contribution < 1.29 is 19.4 Å². The van der Waals surface area contributed by atoms with Crippen LogP contribution in [0.15, 0.2) is 0 Å². The maximum absolute atomic E-state index is 12.3. The molecule has 0 saturated carbocycles. The summed E-state index contributed by atoms with van der Waals surface area (Å²) in [5.74, 6) is -0.262. The number of aliphatic hydroxyl groups excluding tert-OH is 1. The molecule has 1 heterocycles. The maximum Gasteiger partial charge on any atom is 0.319 e. The number of carbonyl (C=O) groups is 2. The Kier molecular flexibility index (Phi) is 7.45. The Hall–Kier alpha value is -1.34. The molecule has 0 aromatic carbocycles. The van der Waals surface area contributed by atoms with Crippen molar-refractivity contribution in [2.24, 2.45) is 5.92 Å². The van der Waals surface area contributed by atoms with Crippen LogP contribution in [0.1, 0.15) is 19.3 Å². The number of nitrogens with zero attached hydrogens (tertiary/aromatic N) is 2. The van der Waals surface area contributed by atoms with Gasteiger partial charge in [0.05, 0.1) is 18.6 Å². The second-order valence-corrected chi connectivity index (χ2v) is 5.64. The van der Waals surface area contributed by atoms with Crippen LogP contribution in [0.25, 0.3) is 0 Å². The highest BCUT2D eigenvalue weighted by Crippen LogP contribution is 2.18. The molecular weight excluding hydrogens is 274 g/mol. The number of likely N-dealkylation sites (tertiary alicyclic amines) is 1. The van der Waals surface area contributed by atoms with Gasteiger partial charge in [0.2, 0.25) is 5.91 Å². The molecule has 0 bridgehead atoms. The van der Waals surface area contributed by atoms with E-state index >= 15 is 0 Å². The van der Waals surface area contributed by atoms with E-state index in [0.29, 0.717) is 26.1 Å². The molecule has 21 heavy (non-hydrogen) atoms. The Balaban J connectivity index is 2.54. The normalized spacial score (nSPS) is 20.0. The third kappa shape index (κ3) is 5.51. The van der Waals surface area contributed by atoms with Gasteiger partial charge in [0.15, 0.2) is 0 Å². The van der Waals surface area contributed by atoms with Crippen molar-refractivity contribution >= 4 is 11.9 Å². The molecule has 122 valence electrons. The summed E-state index contributed by atoms with van der Waals surface area (Å²) in [5, 5.41) is 11.9. The number of carbonyl (C=O) groups excluding carboxylic acids is 2. The van der Waals surface area contributed by atoms with E-state index in [1.807, 2.05) is 0 Å². The minimum absolute atomic E-state index is 0.00418. The van der Waals surface area contributed by atoms with E-state index in [1.165, 1.54) is 4.90 Å². The first-order valence-electron chi connectivity index (χ1n) is 7.36. The van der Waals surface area contributed by atoms with Crippen LogP contribution in [-0.4, -0.2) is 80.4 Å². The number of hydrogen-bond acceptors (Lipinski definition) is 4. The summed E-state index contributed by atoms with van der Waals surface area (Å²) in [7, 11) is 4.98. The number of methoxy groups -OCH3 is 1. The summed E-state index contributed by atoms with van der Waals surface area (Å²) in [6, 6.07) is -0.247. The van der Waals surface area contributed by atoms with Crippen LogP contribution in [0.4, 0.5) is 4.79 Å². The molecule has 1 saturated heterocycles. The molecule has 1 rings (SSSR count). The summed E-state index contributed by atoms with van der Waals surface area (Å²) < 4.78 is 5.04. The highest BCUT2D eigenvalue weighted by Gasteiger charge is 2.29. The number of urea groups is 1. The molecule has 0 aromatic heterocycles. The number of piperidine rings is 1. The van der Waals surface area contributed by atoms with E-state index in [1.54, 1.807) is 26.1 Å². The fourth-order valence-electron chi connectivity index (χ4n) is 2.52. The topological polar surface area (TPSA) is 82.1 Å². The summed E-state index contributed by atoms with van der Waals surface area (Å²) in [6.45, 7) is 1.52. The lowest BCUT2D eigenvalue weighted by molar-refractivity contribution is -0.127.